The van der Waals surface area contributed by atoms with Gasteiger partial charge < -0.3 is 18.9 Å². The molecular weight excluding hydrogens is 500 g/mol. The minimum absolute atomic E-state index is 0.468. The molecule has 214 valence electrons. The first-order valence-electron chi connectivity index (χ1n) is 14.8. The zero-order chi connectivity index (χ0) is 28.3. The predicted molar refractivity (Wildman–Crippen MR) is 162 cm³/mol. The van der Waals surface area contributed by atoms with E-state index in [0.717, 1.165) is 55.1 Å². The van der Waals surface area contributed by atoms with Gasteiger partial charge in [0.05, 0.1) is 25.6 Å². The normalized spacial score (nSPS) is 10.9. The molecule has 5 heteroatoms. The van der Waals surface area contributed by atoms with Crippen LogP contribution in [0.15, 0.2) is 85.1 Å². The van der Waals surface area contributed by atoms with Crippen LogP contribution in [0.5, 0.6) is 23.0 Å². The lowest BCUT2D eigenvalue weighted by atomic mass is 10.1. The van der Waals surface area contributed by atoms with E-state index in [9.17, 15) is 4.79 Å². The van der Waals surface area contributed by atoms with Crippen molar-refractivity contribution in [2.75, 3.05) is 13.2 Å². The Hall–Kier alpha value is -3.73. The minimum atomic E-state index is -0.508. The monoisotopic (exact) mass is 544 g/mol. The van der Waals surface area contributed by atoms with E-state index >= 15 is 0 Å². The zero-order valence-corrected chi connectivity index (χ0v) is 24.1. The maximum absolute atomic E-state index is 12.2. The molecule has 3 aromatic carbocycles. The van der Waals surface area contributed by atoms with Crippen molar-refractivity contribution in [3.63, 3.8) is 0 Å². The third-order valence-corrected chi connectivity index (χ3v) is 6.53. The van der Waals surface area contributed by atoms with Crippen LogP contribution < -0.4 is 18.9 Å². The summed E-state index contributed by atoms with van der Waals surface area (Å²) in [4.78, 5) is 12.2. The lowest BCUT2D eigenvalue weighted by Gasteiger charge is -2.08. The van der Waals surface area contributed by atoms with Gasteiger partial charge in [0.25, 0.3) is 0 Å². The summed E-state index contributed by atoms with van der Waals surface area (Å²) in [5, 5.41) is 0. The zero-order valence-electron chi connectivity index (χ0n) is 24.1. The summed E-state index contributed by atoms with van der Waals surface area (Å²) in [5.41, 5.74) is 2.10. The molecule has 0 atom stereocenters. The molecule has 0 heterocycles. The fraction of sp³-hybridized carbons (Fsp3) is 0.400. The number of hydrogen-bond acceptors (Lipinski definition) is 5. The minimum Gasteiger partial charge on any atom is -0.494 e. The smallest absolute Gasteiger partial charge is 0.339 e. The third kappa shape index (κ3) is 12.0. The highest BCUT2D eigenvalue weighted by molar-refractivity contribution is 5.84. The van der Waals surface area contributed by atoms with E-state index in [1.807, 2.05) is 60.7 Å². The van der Waals surface area contributed by atoms with Gasteiger partial charge in [-0.3, -0.25) is 0 Å². The number of unbranched alkanes of at least 4 members (excludes halogenated alkanes) is 8. The van der Waals surface area contributed by atoms with Gasteiger partial charge in [0.2, 0.25) is 0 Å². The molecule has 0 aliphatic rings. The first kappa shape index (κ1) is 30.8. The van der Waals surface area contributed by atoms with Crippen molar-refractivity contribution in [3.05, 3.63) is 85.1 Å². The van der Waals surface area contributed by atoms with Gasteiger partial charge in [-0.05, 0) is 72.5 Å². The van der Waals surface area contributed by atoms with Crippen molar-refractivity contribution >= 4 is 5.97 Å². The number of carbonyl (C=O) groups excluding carboxylic acids is 1. The van der Waals surface area contributed by atoms with Crippen molar-refractivity contribution in [3.8, 4) is 34.1 Å². The average molecular weight is 545 g/mol. The lowest BCUT2D eigenvalue weighted by molar-refractivity contribution is -0.129. The highest BCUT2D eigenvalue weighted by Gasteiger charge is 2.04. The van der Waals surface area contributed by atoms with E-state index in [0.29, 0.717) is 11.5 Å². The maximum Gasteiger partial charge on any atom is 0.339 e. The second kappa shape index (κ2) is 18.5. The van der Waals surface area contributed by atoms with E-state index in [-0.39, 0.29) is 0 Å². The van der Waals surface area contributed by atoms with Gasteiger partial charge in [0.1, 0.15) is 23.0 Å². The lowest BCUT2D eigenvalue weighted by Crippen LogP contribution is -2.04. The number of ether oxygens (including phenoxy) is 4. The molecule has 0 saturated carbocycles. The van der Waals surface area contributed by atoms with Gasteiger partial charge in [-0.25, -0.2) is 4.79 Å². The van der Waals surface area contributed by atoms with Crippen LogP contribution in [0.4, 0.5) is 0 Å². The molecule has 3 aromatic rings. The summed E-state index contributed by atoms with van der Waals surface area (Å²) in [5.74, 6) is 2.27. The molecule has 0 fully saturated rings. The Morgan fingerprint density at radius 2 is 1.00 bits per heavy atom. The van der Waals surface area contributed by atoms with Crippen LogP contribution in [0.2, 0.25) is 0 Å². The van der Waals surface area contributed by atoms with Crippen molar-refractivity contribution in [2.45, 2.75) is 78.1 Å². The highest BCUT2D eigenvalue weighted by Crippen LogP contribution is 2.25. The molecule has 3 rings (SSSR count). The fourth-order valence-electron chi connectivity index (χ4n) is 4.15. The van der Waals surface area contributed by atoms with Gasteiger partial charge >= 0.3 is 5.97 Å². The summed E-state index contributed by atoms with van der Waals surface area (Å²) in [6.07, 6.45) is 15.0. The topological polar surface area (TPSA) is 54.0 Å². The molecule has 0 aliphatic heterocycles. The molecule has 0 aromatic heterocycles. The van der Waals surface area contributed by atoms with Crippen molar-refractivity contribution in [1.82, 2.24) is 0 Å². The van der Waals surface area contributed by atoms with E-state index in [1.54, 1.807) is 12.1 Å². The van der Waals surface area contributed by atoms with Crippen LogP contribution in [0.1, 0.15) is 78.1 Å². The van der Waals surface area contributed by atoms with Crippen molar-refractivity contribution < 1.29 is 23.7 Å². The van der Waals surface area contributed by atoms with E-state index < -0.39 is 5.97 Å². The van der Waals surface area contributed by atoms with E-state index in [4.69, 9.17) is 18.9 Å². The van der Waals surface area contributed by atoms with Crippen LogP contribution in [0, 0.1) is 0 Å². The molecule has 0 aliphatic carbocycles. The maximum atomic E-state index is 12.2. The summed E-state index contributed by atoms with van der Waals surface area (Å²) >= 11 is 0. The summed E-state index contributed by atoms with van der Waals surface area (Å²) in [6, 6.07) is 22.8. The van der Waals surface area contributed by atoms with Crippen LogP contribution in [-0.4, -0.2) is 19.2 Å². The van der Waals surface area contributed by atoms with Crippen LogP contribution in [-0.2, 0) is 4.79 Å². The van der Waals surface area contributed by atoms with Gasteiger partial charge in [-0.15, -0.1) is 0 Å². The van der Waals surface area contributed by atoms with Gasteiger partial charge in [0.15, 0.2) is 0 Å². The molecule has 0 saturated heterocycles. The SMILES string of the molecule is CCCCCCCCCCOc1ccc(O/C=C/C(=O)Oc2ccc(-c3ccc(OCCCC)cc3)cc2)cc1. The molecule has 0 amide bonds. The predicted octanol–water partition coefficient (Wildman–Crippen LogP) is 9.55. The van der Waals surface area contributed by atoms with Crippen molar-refractivity contribution in [1.29, 1.82) is 0 Å². The third-order valence-electron chi connectivity index (χ3n) is 6.53. The fourth-order valence-corrected chi connectivity index (χ4v) is 4.15. The average Bonchev–Trinajstić information content (AvgIpc) is 2.98. The quantitative estimate of drug-likeness (QED) is 0.0494. The Kier molecular flexibility index (Phi) is 14.3. The standard InChI is InChI=1S/C35H44O5/c1-3-5-7-8-9-10-11-12-27-38-32-21-23-33(24-22-32)39-28-25-35(36)40-34-19-15-30(16-20-34)29-13-17-31(18-14-29)37-26-6-4-2/h13-25,28H,3-12,26-27H2,1-2H3/b28-25+. The molecular formula is C35H44O5. The van der Waals surface area contributed by atoms with Gasteiger partial charge in [-0.1, -0.05) is 89.5 Å². The highest BCUT2D eigenvalue weighted by atomic mass is 16.5. The van der Waals surface area contributed by atoms with E-state index in [2.05, 4.69) is 13.8 Å². The molecule has 0 radical (unpaired) electrons. The Morgan fingerprint density at radius 1 is 0.550 bits per heavy atom. The molecule has 40 heavy (non-hydrogen) atoms. The van der Waals surface area contributed by atoms with Crippen LogP contribution >= 0.6 is 0 Å². The number of benzene rings is 3. The Balaban J connectivity index is 1.33. The second-order valence-electron chi connectivity index (χ2n) is 9.89. The number of rotatable bonds is 19. The summed E-state index contributed by atoms with van der Waals surface area (Å²) in [7, 11) is 0. The molecule has 0 bridgehead atoms. The van der Waals surface area contributed by atoms with Gasteiger partial charge in [0, 0.05) is 0 Å². The van der Waals surface area contributed by atoms with E-state index in [1.165, 1.54) is 57.3 Å². The first-order valence-corrected chi connectivity index (χ1v) is 14.8. The summed E-state index contributed by atoms with van der Waals surface area (Å²) < 4.78 is 22.5. The van der Waals surface area contributed by atoms with Gasteiger partial charge in [-0.2, -0.15) is 0 Å². The largest absolute Gasteiger partial charge is 0.494 e. The first-order chi connectivity index (χ1) is 19.7. The molecule has 0 unspecified atom stereocenters. The summed E-state index contributed by atoms with van der Waals surface area (Å²) in [6.45, 7) is 5.85. The molecule has 5 nitrogen and oxygen atoms in total. The van der Waals surface area contributed by atoms with Crippen molar-refractivity contribution in [2.24, 2.45) is 0 Å². The molecule has 0 spiro atoms. The Morgan fingerprint density at radius 3 is 1.57 bits per heavy atom. The molecule has 0 N–H and O–H groups in total. The second-order valence-corrected chi connectivity index (χ2v) is 9.89. The van der Waals surface area contributed by atoms with Crippen LogP contribution in [0.25, 0.3) is 11.1 Å². The Labute approximate surface area is 240 Å². The number of carbonyl (C=O) groups is 1. The Bertz CT molecular complexity index is 1120. The number of esters is 1. The van der Waals surface area contributed by atoms with Crippen LogP contribution in [0.3, 0.4) is 0 Å². The number of hydrogen-bond donors (Lipinski definition) is 0.